The molecule has 0 saturated carbocycles. The lowest BCUT2D eigenvalue weighted by molar-refractivity contribution is -0.137. The zero-order valence-electron chi connectivity index (χ0n) is 8.65. The predicted molar refractivity (Wildman–Crippen MR) is 56.9 cm³/mol. The number of unbranched alkanes of at least 4 members (excludes halogenated alkanes) is 1. The van der Waals surface area contributed by atoms with Gasteiger partial charge in [-0.05, 0) is 18.9 Å². The third-order valence-corrected chi connectivity index (χ3v) is 1.16. The molecule has 86 valence electrons. The lowest BCUT2D eigenvalue weighted by Gasteiger charge is -1.98. The number of esters is 1. The van der Waals surface area contributed by atoms with Crippen LogP contribution in [-0.4, -0.2) is 30.2 Å². The molecule has 5 heteroatoms. The topological polar surface area (TPSA) is 89.6 Å². The first-order valence-corrected chi connectivity index (χ1v) is 4.40. The van der Waals surface area contributed by atoms with Gasteiger partial charge in [-0.2, -0.15) is 0 Å². The summed E-state index contributed by atoms with van der Waals surface area (Å²) >= 11 is 0. The van der Waals surface area contributed by atoms with Crippen LogP contribution in [0.15, 0.2) is 25.3 Å². The third kappa shape index (κ3) is 19.0. The molecule has 0 atom stereocenters. The molecule has 0 aliphatic heterocycles. The minimum atomic E-state index is -0.481. The molecule has 0 radical (unpaired) electrons. The summed E-state index contributed by atoms with van der Waals surface area (Å²) in [6.45, 7) is 6.83. The minimum Gasteiger partial charge on any atom is -0.463 e. The standard InChI is InChI=1S/C7H12O3.C3H5NO/c1-2-7(9)10-6-4-3-5-8;1-2-3(4)5/h2,8H,1,3-6H2;2H,1H2,(H2,4,5). The molecule has 0 rings (SSSR count). The molecule has 0 spiro atoms. The average Bonchev–Trinajstić information content (AvgIpc) is 2.24. The number of hydrogen-bond donors (Lipinski definition) is 2. The molecule has 1 amide bonds. The minimum absolute atomic E-state index is 0.144. The molecular formula is C10H17NO4. The molecular weight excluding hydrogens is 198 g/mol. The molecule has 0 aromatic heterocycles. The van der Waals surface area contributed by atoms with E-state index in [0.717, 1.165) is 12.2 Å². The average molecular weight is 215 g/mol. The van der Waals surface area contributed by atoms with Crippen LogP contribution in [0.1, 0.15) is 12.8 Å². The van der Waals surface area contributed by atoms with Gasteiger partial charge in [0.25, 0.3) is 0 Å². The van der Waals surface area contributed by atoms with E-state index in [0.29, 0.717) is 19.4 Å². The number of primary amides is 1. The summed E-state index contributed by atoms with van der Waals surface area (Å²) in [5, 5.41) is 8.33. The van der Waals surface area contributed by atoms with Crippen LogP contribution in [0, 0.1) is 0 Å². The van der Waals surface area contributed by atoms with E-state index in [-0.39, 0.29) is 6.61 Å². The van der Waals surface area contributed by atoms with Gasteiger partial charge in [-0.25, -0.2) is 4.79 Å². The number of rotatable bonds is 6. The molecule has 0 aromatic carbocycles. The Morgan fingerprint density at radius 2 is 1.80 bits per heavy atom. The highest BCUT2D eigenvalue weighted by Gasteiger charge is 1.92. The monoisotopic (exact) mass is 215 g/mol. The lowest BCUT2D eigenvalue weighted by Crippen LogP contribution is -2.04. The van der Waals surface area contributed by atoms with Crippen molar-refractivity contribution in [2.45, 2.75) is 12.8 Å². The van der Waals surface area contributed by atoms with Gasteiger partial charge in [0.1, 0.15) is 0 Å². The zero-order chi connectivity index (χ0) is 12.1. The van der Waals surface area contributed by atoms with Gasteiger partial charge >= 0.3 is 5.97 Å². The highest BCUT2D eigenvalue weighted by molar-refractivity contribution is 5.85. The van der Waals surface area contributed by atoms with Crippen molar-refractivity contribution in [1.29, 1.82) is 0 Å². The maximum atomic E-state index is 10.4. The second-order valence-electron chi connectivity index (χ2n) is 2.41. The molecule has 0 heterocycles. The summed E-state index contributed by atoms with van der Waals surface area (Å²) in [6, 6.07) is 0. The Labute approximate surface area is 89.2 Å². The maximum Gasteiger partial charge on any atom is 0.330 e. The van der Waals surface area contributed by atoms with Crippen LogP contribution in [0.4, 0.5) is 0 Å². The molecule has 3 N–H and O–H groups in total. The summed E-state index contributed by atoms with van der Waals surface area (Å²) in [5.74, 6) is -0.886. The molecule has 0 aliphatic rings. The number of aliphatic hydroxyl groups excluding tert-OH is 1. The van der Waals surface area contributed by atoms with Gasteiger partial charge in [0, 0.05) is 12.7 Å². The highest BCUT2D eigenvalue weighted by Crippen LogP contribution is 1.88. The lowest BCUT2D eigenvalue weighted by atomic mass is 10.3. The summed E-state index contributed by atoms with van der Waals surface area (Å²) < 4.78 is 4.63. The second-order valence-corrected chi connectivity index (χ2v) is 2.41. The first-order chi connectivity index (χ1) is 7.08. The fraction of sp³-hybridized carbons (Fsp3) is 0.400. The zero-order valence-corrected chi connectivity index (χ0v) is 8.65. The number of carbonyl (C=O) groups excluding carboxylic acids is 2. The highest BCUT2D eigenvalue weighted by atomic mass is 16.5. The van der Waals surface area contributed by atoms with Crippen LogP contribution in [0.5, 0.6) is 0 Å². The fourth-order valence-electron chi connectivity index (χ4n) is 0.446. The number of carbonyl (C=O) groups is 2. The third-order valence-electron chi connectivity index (χ3n) is 1.16. The van der Waals surface area contributed by atoms with Crippen molar-refractivity contribution in [3.8, 4) is 0 Å². The van der Waals surface area contributed by atoms with E-state index in [2.05, 4.69) is 23.6 Å². The maximum absolute atomic E-state index is 10.4. The van der Waals surface area contributed by atoms with E-state index in [9.17, 15) is 9.59 Å². The van der Waals surface area contributed by atoms with Crippen LogP contribution >= 0.6 is 0 Å². The largest absolute Gasteiger partial charge is 0.463 e. The van der Waals surface area contributed by atoms with E-state index in [1.165, 1.54) is 0 Å². The molecule has 0 bridgehead atoms. The van der Waals surface area contributed by atoms with Gasteiger partial charge in [0.2, 0.25) is 5.91 Å². The van der Waals surface area contributed by atoms with Crippen LogP contribution in [0.2, 0.25) is 0 Å². The smallest absolute Gasteiger partial charge is 0.330 e. The molecule has 0 saturated heterocycles. The van der Waals surface area contributed by atoms with Crippen molar-refractivity contribution < 1.29 is 19.4 Å². The fourth-order valence-corrected chi connectivity index (χ4v) is 0.446. The first-order valence-electron chi connectivity index (χ1n) is 4.40. The molecule has 0 aromatic rings. The Morgan fingerprint density at radius 3 is 2.13 bits per heavy atom. The molecule has 5 nitrogen and oxygen atoms in total. The SMILES string of the molecule is C=CC(=O)OCCCCO.C=CC(N)=O. The molecule has 0 unspecified atom stereocenters. The number of amides is 1. The van der Waals surface area contributed by atoms with Crippen molar-refractivity contribution in [1.82, 2.24) is 0 Å². The molecule has 15 heavy (non-hydrogen) atoms. The number of ether oxygens (including phenoxy) is 1. The van der Waals surface area contributed by atoms with E-state index in [4.69, 9.17) is 5.11 Å². The number of nitrogens with two attached hydrogens (primary N) is 1. The van der Waals surface area contributed by atoms with Crippen LogP contribution < -0.4 is 5.73 Å². The van der Waals surface area contributed by atoms with Gasteiger partial charge in [-0.1, -0.05) is 13.2 Å². The van der Waals surface area contributed by atoms with Gasteiger partial charge in [-0.15, -0.1) is 0 Å². The Bertz CT molecular complexity index is 213. The van der Waals surface area contributed by atoms with Crippen molar-refractivity contribution >= 4 is 11.9 Å². The van der Waals surface area contributed by atoms with Crippen LogP contribution in [-0.2, 0) is 14.3 Å². The Morgan fingerprint density at radius 1 is 1.27 bits per heavy atom. The Kier molecular flexibility index (Phi) is 13.1. The second kappa shape index (κ2) is 12.4. The van der Waals surface area contributed by atoms with E-state index >= 15 is 0 Å². The number of aliphatic hydroxyl groups is 1. The normalized spacial score (nSPS) is 8.07. The van der Waals surface area contributed by atoms with Gasteiger partial charge in [-0.3, -0.25) is 4.79 Å². The predicted octanol–water partition coefficient (Wildman–Crippen LogP) is 0.146. The van der Waals surface area contributed by atoms with Gasteiger partial charge in [0.05, 0.1) is 6.61 Å². The van der Waals surface area contributed by atoms with E-state index in [1.807, 2.05) is 0 Å². The summed E-state index contributed by atoms with van der Waals surface area (Å²) in [7, 11) is 0. The number of hydrogen-bond acceptors (Lipinski definition) is 4. The van der Waals surface area contributed by atoms with E-state index < -0.39 is 11.9 Å². The summed E-state index contributed by atoms with van der Waals surface area (Å²) in [4.78, 5) is 19.8. The van der Waals surface area contributed by atoms with Crippen molar-refractivity contribution in [3.63, 3.8) is 0 Å². The van der Waals surface area contributed by atoms with Crippen molar-refractivity contribution in [2.75, 3.05) is 13.2 Å². The Hall–Kier alpha value is -1.62. The molecule has 0 aliphatic carbocycles. The van der Waals surface area contributed by atoms with Gasteiger partial charge in [0.15, 0.2) is 0 Å². The van der Waals surface area contributed by atoms with Crippen molar-refractivity contribution in [2.24, 2.45) is 5.73 Å². The van der Waals surface area contributed by atoms with Crippen molar-refractivity contribution in [3.05, 3.63) is 25.3 Å². The summed E-state index contributed by atoms with van der Waals surface area (Å²) in [5.41, 5.74) is 4.53. The molecule has 0 fully saturated rings. The van der Waals surface area contributed by atoms with E-state index in [1.54, 1.807) is 0 Å². The quantitative estimate of drug-likeness (QED) is 0.375. The summed E-state index contributed by atoms with van der Waals surface area (Å²) in [6.07, 6.45) is 3.56. The first kappa shape index (κ1) is 15.8. The van der Waals surface area contributed by atoms with Crippen LogP contribution in [0.25, 0.3) is 0 Å². The van der Waals surface area contributed by atoms with Crippen LogP contribution in [0.3, 0.4) is 0 Å². The van der Waals surface area contributed by atoms with Gasteiger partial charge < -0.3 is 15.6 Å². The Balaban J connectivity index is 0.